The first kappa shape index (κ1) is 13.4. The summed E-state index contributed by atoms with van der Waals surface area (Å²) < 4.78 is 0. The molecule has 2 saturated heterocycles. The van der Waals surface area contributed by atoms with E-state index in [2.05, 4.69) is 31.0 Å². The van der Waals surface area contributed by atoms with Crippen LogP contribution in [0.25, 0.3) is 0 Å². The smallest absolute Gasteiger partial charge is 0.0207 e. The highest BCUT2D eigenvalue weighted by atomic mass is 15.1. The lowest BCUT2D eigenvalue weighted by atomic mass is 9.73. The molecular formula is C15H30N2. The van der Waals surface area contributed by atoms with Crippen LogP contribution < -0.4 is 5.32 Å². The first-order valence-corrected chi connectivity index (χ1v) is 7.63. The molecule has 2 rings (SSSR count). The van der Waals surface area contributed by atoms with E-state index in [-0.39, 0.29) is 0 Å². The van der Waals surface area contributed by atoms with E-state index in [0.717, 1.165) is 11.8 Å². The molecule has 0 aromatic rings. The maximum absolute atomic E-state index is 3.87. The van der Waals surface area contributed by atoms with E-state index in [4.69, 9.17) is 0 Å². The summed E-state index contributed by atoms with van der Waals surface area (Å²) in [6, 6.07) is 0. The van der Waals surface area contributed by atoms with Crippen LogP contribution in [-0.2, 0) is 0 Å². The van der Waals surface area contributed by atoms with Crippen molar-refractivity contribution in [1.82, 2.24) is 10.2 Å². The van der Waals surface area contributed by atoms with Crippen molar-refractivity contribution in [3.63, 3.8) is 0 Å². The highest BCUT2D eigenvalue weighted by molar-refractivity contribution is 4.96. The Morgan fingerprint density at radius 3 is 2.71 bits per heavy atom. The van der Waals surface area contributed by atoms with E-state index < -0.39 is 0 Å². The standard InChI is InChI=1S/C15H30N2/c1-4-17-10-7-14(12-17)11-15(13(2)3)8-5-6-9-16-15/h13-14,16H,4-12H2,1-3H3. The van der Waals surface area contributed by atoms with Gasteiger partial charge in [0.25, 0.3) is 0 Å². The van der Waals surface area contributed by atoms with E-state index in [1.54, 1.807) is 0 Å². The van der Waals surface area contributed by atoms with Crippen LogP contribution in [0.4, 0.5) is 0 Å². The van der Waals surface area contributed by atoms with Gasteiger partial charge in [0.2, 0.25) is 0 Å². The van der Waals surface area contributed by atoms with Crippen LogP contribution in [0.2, 0.25) is 0 Å². The van der Waals surface area contributed by atoms with Crippen molar-refractivity contribution >= 4 is 0 Å². The maximum Gasteiger partial charge on any atom is 0.0207 e. The maximum atomic E-state index is 3.87. The minimum atomic E-state index is 0.451. The number of hydrogen-bond acceptors (Lipinski definition) is 2. The van der Waals surface area contributed by atoms with Crippen LogP contribution in [-0.4, -0.2) is 36.6 Å². The molecule has 1 N–H and O–H groups in total. The molecule has 2 atom stereocenters. The highest BCUT2D eigenvalue weighted by Crippen LogP contribution is 2.36. The van der Waals surface area contributed by atoms with Crippen LogP contribution in [0.5, 0.6) is 0 Å². The Morgan fingerprint density at radius 2 is 2.18 bits per heavy atom. The molecule has 2 aliphatic rings. The summed E-state index contributed by atoms with van der Waals surface area (Å²) in [5, 5.41) is 3.87. The zero-order valence-electron chi connectivity index (χ0n) is 12.0. The molecule has 0 bridgehead atoms. The summed E-state index contributed by atoms with van der Waals surface area (Å²) in [7, 11) is 0. The predicted octanol–water partition coefficient (Wildman–Crippen LogP) is 2.89. The molecule has 0 aliphatic carbocycles. The molecule has 0 aromatic heterocycles. The van der Waals surface area contributed by atoms with Crippen molar-refractivity contribution in [1.29, 1.82) is 0 Å². The minimum Gasteiger partial charge on any atom is -0.311 e. The lowest BCUT2D eigenvalue weighted by Crippen LogP contribution is -2.53. The van der Waals surface area contributed by atoms with Crippen LogP contribution in [0.3, 0.4) is 0 Å². The van der Waals surface area contributed by atoms with Gasteiger partial charge in [0.05, 0.1) is 0 Å². The number of rotatable bonds is 4. The molecule has 2 nitrogen and oxygen atoms in total. The average molecular weight is 238 g/mol. The van der Waals surface area contributed by atoms with Crippen LogP contribution in [0, 0.1) is 11.8 Å². The SMILES string of the molecule is CCN1CCC(CC2(C(C)C)CCCCN2)C1. The Morgan fingerprint density at radius 1 is 1.35 bits per heavy atom. The van der Waals surface area contributed by atoms with Crippen molar-refractivity contribution in [2.24, 2.45) is 11.8 Å². The molecule has 17 heavy (non-hydrogen) atoms. The highest BCUT2D eigenvalue weighted by Gasteiger charge is 2.38. The largest absolute Gasteiger partial charge is 0.311 e. The summed E-state index contributed by atoms with van der Waals surface area (Å²) in [6.07, 6.45) is 7.02. The predicted molar refractivity (Wildman–Crippen MR) is 74.3 cm³/mol. The second-order valence-corrected chi connectivity index (χ2v) is 6.45. The fourth-order valence-corrected chi connectivity index (χ4v) is 3.78. The first-order chi connectivity index (χ1) is 8.16. The molecule has 0 saturated carbocycles. The summed E-state index contributed by atoms with van der Waals surface area (Å²) in [4.78, 5) is 2.61. The van der Waals surface area contributed by atoms with E-state index in [9.17, 15) is 0 Å². The Hall–Kier alpha value is -0.0800. The Balaban J connectivity index is 1.94. The van der Waals surface area contributed by atoms with Gasteiger partial charge >= 0.3 is 0 Å². The minimum absolute atomic E-state index is 0.451. The Labute approximate surface area is 107 Å². The van der Waals surface area contributed by atoms with Gasteiger partial charge in [-0.1, -0.05) is 27.2 Å². The zero-order chi connectivity index (χ0) is 12.3. The second-order valence-electron chi connectivity index (χ2n) is 6.45. The van der Waals surface area contributed by atoms with Gasteiger partial charge in [-0.2, -0.15) is 0 Å². The van der Waals surface area contributed by atoms with Crippen molar-refractivity contribution < 1.29 is 0 Å². The number of likely N-dealkylation sites (tertiary alicyclic amines) is 1. The van der Waals surface area contributed by atoms with E-state index in [1.165, 1.54) is 58.3 Å². The van der Waals surface area contributed by atoms with Gasteiger partial charge in [-0.25, -0.2) is 0 Å². The average Bonchev–Trinajstić information content (AvgIpc) is 2.77. The van der Waals surface area contributed by atoms with E-state index in [1.807, 2.05) is 0 Å². The van der Waals surface area contributed by atoms with E-state index in [0.29, 0.717) is 5.54 Å². The molecule has 0 amide bonds. The molecule has 2 aliphatic heterocycles. The van der Waals surface area contributed by atoms with Crippen LogP contribution >= 0.6 is 0 Å². The van der Waals surface area contributed by atoms with Gasteiger partial charge in [-0.3, -0.25) is 0 Å². The Kier molecular flexibility index (Phi) is 4.48. The lowest BCUT2D eigenvalue weighted by molar-refractivity contribution is 0.143. The molecule has 0 spiro atoms. The lowest BCUT2D eigenvalue weighted by Gasteiger charge is -2.44. The van der Waals surface area contributed by atoms with Crippen molar-refractivity contribution in [3.05, 3.63) is 0 Å². The molecule has 2 fully saturated rings. The van der Waals surface area contributed by atoms with Crippen molar-refractivity contribution in [2.45, 2.75) is 58.4 Å². The van der Waals surface area contributed by atoms with Gasteiger partial charge in [0.15, 0.2) is 0 Å². The van der Waals surface area contributed by atoms with Gasteiger partial charge < -0.3 is 10.2 Å². The summed E-state index contributed by atoms with van der Waals surface area (Å²) in [6.45, 7) is 12.2. The van der Waals surface area contributed by atoms with Gasteiger partial charge in [0, 0.05) is 12.1 Å². The molecule has 2 unspecified atom stereocenters. The molecule has 0 aromatic carbocycles. The second kappa shape index (κ2) is 5.71. The van der Waals surface area contributed by atoms with Gasteiger partial charge in [-0.15, -0.1) is 0 Å². The molecular weight excluding hydrogens is 208 g/mol. The fraction of sp³-hybridized carbons (Fsp3) is 1.00. The number of nitrogens with one attached hydrogen (secondary N) is 1. The van der Waals surface area contributed by atoms with E-state index >= 15 is 0 Å². The first-order valence-electron chi connectivity index (χ1n) is 7.63. The number of hydrogen-bond donors (Lipinski definition) is 1. The number of nitrogens with zero attached hydrogens (tertiary/aromatic N) is 1. The number of piperidine rings is 1. The normalized spacial score (nSPS) is 35.6. The van der Waals surface area contributed by atoms with Crippen LogP contribution in [0.1, 0.15) is 52.9 Å². The third kappa shape index (κ3) is 3.03. The fourth-order valence-electron chi connectivity index (χ4n) is 3.78. The molecule has 2 heteroatoms. The summed E-state index contributed by atoms with van der Waals surface area (Å²) >= 11 is 0. The topological polar surface area (TPSA) is 15.3 Å². The molecule has 100 valence electrons. The molecule has 0 radical (unpaired) electrons. The summed E-state index contributed by atoms with van der Waals surface area (Å²) in [5.74, 6) is 1.71. The third-order valence-corrected chi connectivity index (χ3v) is 5.10. The molecule has 2 heterocycles. The quantitative estimate of drug-likeness (QED) is 0.810. The Bertz CT molecular complexity index is 231. The van der Waals surface area contributed by atoms with Crippen molar-refractivity contribution in [3.8, 4) is 0 Å². The third-order valence-electron chi connectivity index (χ3n) is 5.10. The zero-order valence-corrected chi connectivity index (χ0v) is 12.0. The van der Waals surface area contributed by atoms with Gasteiger partial charge in [-0.05, 0) is 57.2 Å². The summed E-state index contributed by atoms with van der Waals surface area (Å²) in [5.41, 5.74) is 0.451. The van der Waals surface area contributed by atoms with Crippen molar-refractivity contribution in [2.75, 3.05) is 26.2 Å². The monoisotopic (exact) mass is 238 g/mol. The van der Waals surface area contributed by atoms with Gasteiger partial charge in [0.1, 0.15) is 0 Å². The van der Waals surface area contributed by atoms with Crippen LogP contribution in [0.15, 0.2) is 0 Å².